The van der Waals surface area contributed by atoms with Crippen molar-refractivity contribution in [3.8, 4) is 5.75 Å². The van der Waals surface area contributed by atoms with Crippen molar-refractivity contribution >= 4 is 10.0 Å². The third kappa shape index (κ3) is 3.81. The van der Waals surface area contributed by atoms with Gasteiger partial charge in [0.15, 0.2) is 0 Å². The van der Waals surface area contributed by atoms with Crippen molar-refractivity contribution in [3.63, 3.8) is 0 Å². The van der Waals surface area contributed by atoms with Crippen molar-refractivity contribution < 1.29 is 13.2 Å². The molecule has 2 rings (SSSR count). The van der Waals surface area contributed by atoms with Crippen LogP contribution in [0.1, 0.15) is 11.1 Å². The molecule has 5 nitrogen and oxygen atoms in total. The molecule has 3 N–H and O–H groups in total. The maximum absolute atomic E-state index is 12.3. The molecule has 0 aliphatic heterocycles. The van der Waals surface area contributed by atoms with Crippen molar-refractivity contribution in [2.24, 2.45) is 5.73 Å². The average Bonchev–Trinajstić information content (AvgIpc) is 2.53. The van der Waals surface area contributed by atoms with Gasteiger partial charge in [0, 0.05) is 18.7 Å². The van der Waals surface area contributed by atoms with Gasteiger partial charge in [0.05, 0.1) is 12.0 Å². The standard InChI is InChI=1S/C15H18N2O3S/c1-20-15-8-7-14(9-13(15)10-16)21(18,19)17-11-12-5-3-2-4-6-12/h2-9,17H,10-11,16H2,1H3. The Labute approximate surface area is 124 Å². The van der Waals surface area contributed by atoms with E-state index in [4.69, 9.17) is 10.5 Å². The fraction of sp³-hybridized carbons (Fsp3) is 0.200. The number of nitrogens with one attached hydrogen (secondary N) is 1. The van der Waals surface area contributed by atoms with Crippen LogP contribution in [0.25, 0.3) is 0 Å². The molecule has 0 heterocycles. The van der Waals surface area contributed by atoms with E-state index >= 15 is 0 Å². The number of hydrogen-bond donors (Lipinski definition) is 2. The molecule has 6 heteroatoms. The zero-order valence-electron chi connectivity index (χ0n) is 11.7. The largest absolute Gasteiger partial charge is 0.496 e. The van der Waals surface area contributed by atoms with E-state index in [9.17, 15) is 8.42 Å². The maximum atomic E-state index is 12.3. The first-order valence-corrected chi connectivity index (χ1v) is 7.95. The van der Waals surface area contributed by atoms with Gasteiger partial charge in [-0.15, -0.1) is 0 Å². The SMILES string of the molecule is COc1ccc(S(=O)(=O)NCc2ccccc2)cc1CN. The Balaban J connectivity index is 2.19. The van der Waals surface area contributed by atoms with Crippen LogP contribution in [0, 0.1) is 0 Å². The van der Waals surface area contributed by atoms with Gasteiger partial charge in [-0.3, -0.25) is 0 Å². The van der Waals surface area contributed by atoms with E-state index < -0.39 is 10.0 Å². The van der Waals surface area contributed by atoms with Crippen molar-refractivity contribution in [3.05, 3.63) is 59.7 Å². The van der Waals surface area contributed by atoms with Gasteiger partial charge in [-0.25, -0.2) is 13.1 Å². The van der Waals surface area contributed by atoms with E-state index in [1.165, 1.54) is 19.2 Å². The maximum Gasteiger partial charge on any atom is 0.240 e. The van der Waals surface area contributed by atoms with E-state index in [0.29, 0.717) is 11.3 Å². The molecule has 0 fully saturated rings. The topological polar surface area (TPSA) is 81.4 Å². The molecule has 0 amide bonds. The molecule has 0 aliphatic carbocycles. The first-order chi connectivity index (χ1) is 10.1. The van der Waals surface area contributed by atoms with Crippen molar-refractivity contribution in [2.45, 2.75) is 18.0 Å². The third-order valence-electron chi connectivity index (χ3n) is 3.09. The second-order valence-corrected chi connectivity index (χ2v) is 6.25. The molecule has 2 aromatic carbocycles. The molecule has 112 valence electrons. The number of methoxy groups -OCH3 is 1. The van der Waals surface area contributed by atoms with Gasteiger partial charge < -0.3 is 10.5 Å². The first kappa shape index (κ1) is 15.5. The highest BCUT2D eigenvalue weighted by atomic mass is 32.2. The van der Waals surface area contributed by atoms with Gasteiger partial charge in [-0.1, -0.05) is 30.3 Å². The van der Waals surface area contributed by atoms with Crippen molar-refractivity contribution in [1.29, 1.82) is 0 Å². The summed E-state index contributed by atoms with van der Waals surface area (Å²) >= 11 is 0. The smallest absolute Gasteiger partial charge is 0.240 e. The number of nitrogens with two attached hydrogens (primary N) is 1. The van der Waals surface area contributed by atoms with Crippen molar-refractivity contribution in [1.82, 2.24) is 4.72 Å². The minimum absolute atomic E-state index is 0.180. The highest BCUT2D eigenvalue weighted by Gasteiger charge is 2.15. The predicted molar refractivity (Wildman–Crippen MR) is 81.4 cm³/mol. The summed E-state index contributed by atoms with van der Waals surface area (Å²) in [5, 5.41) is 0. The lowest BCUT2D eigenvalue weighted by Gasteiger charge is -2.11. The highest BCUT2D eigenvalue weighted by Crippen LogP contribution is 2.22. The Hall–Kier alpha value is -1.89. The summed E-state index contributed by atoms with van der Waals surface area (Å²) in [5.41, 5.74) is 7.16. The number of hydrogen-bond acceptors (Lipinski definition) is 4. The summed E-state index contributed by atoms with van der Waals surface area (Å²) in [6, 6.07) is 14.0. The molecule has 0 saturated carbocycles. The van der Waals surface area contributed by atoms with Crippen molar-refractivity contribution in [2.75, 3.05) is 7.11 Å². The monoisotopic (exact) mass is 306 g/mol. The summed E-state index contributed by atoms with van der Waals surface area (Å²) in [7, 11) is -2.05. The molecular weight excluding hydrogens is 288 g/mol. The van der Waals surface area contributed by atoms with Crippen LogP contribution in [0.3, 0.4) is 0 Å². The third-order valence-corrected chi connectivity index (χ3v) is 4.49. The zero-order valence-corrected chi connectivity index (χ0v) is 12.6. The number of rotatable bonds is 6. The quantitative estimate of drug-likeness (QED) is 0.850. The molecule has 0 unspecified atom stereocenters. The van der Waals surface area contributed by atoms with Gasteiger partial charge in [0.25, 0.3) is 0 Å². The van der Waals surface area contributed by atoms with Crippen LogP contribution in [0.15, 0.2) is 53.4 Å². The molecule has 0 saturated heterocycles. The van der Waals surface area contributed by atoms with Crippen LogP contribution in [-0.4, -0.2) is 15.5 Å². The lowest BCUT2D eigenvalue weighted by atomic mass is 10.2. The highest BCUT2D eigenvalue weighted by molar-refractivity contribution is 7.89. The van der Waals surface area contributed by atoms with Gasteiger partial charge in [-0.05, 0) is 23.8 Å². The van der Waals surface area contributed by atoms with E-state index in [1.54, 1.807) is 6.07 Å². The van der Waals surface area contributed by atoms with E-state index in [-0.39, 0.29) is 18.0 Å². The minimum Gasteiger partial charge on any atom is -0.496 e. The molecule has 0 atom stereocenters. The van der Waals surface area contributed by atoms with Crippen LogP contribution in [-0.2, 0) is 23.1 Å². The summed E-state index contributed by atoms with van der Waals surface area (Å²) in [6.45, 7) is 0.457. The Kier molecular flexibility index (Phi) is 4.95. The number of sulfonamides is 1. The molecule has 21 heavy (non-hydrogen) atoms. The molecule has 2 aromatic rings. The van der Waals surface area contributed by atoms with Crippen LogP contribution < -0.4 is 15.2 Å². The Bertz CT molecular complexity index is 700. The Morgan fingerprint density at radius 1 is 1.14 bits per heavy atom. The van der Waals surface area contributed by atoms with Gasteiger partial charge in [0.2, 0.25) is 10.0 Å². The first-order valence-electron chi connectivity index (χ1n) is 6.47. The van der Waals surface area contributed by atoms with E-state index in [2.05, 4.69) is 4.72 Å². The Morgan fingerprint density at radius 2 is 1.86 bits per heavy atom. The summed E-state index contributed by atoms with van der Waals surface area (Å²) in [4.78, 5) is 0.180. The molecule has 0 aliphatic rings. The minimum atomic E-state index is -3.58. The summed E-state index contributed by atoms with van der Waals surface area (Å²) in [5.74, 6) is 0.583. The molecular formula is C15H18N2O3S. The van der Waals surface area contributed by atoms with E-state index in [0.717, 1.165) is 5.56 Å². The fourth-order valence-electron chi connectivity index (χ4n) is 1.94. The van der Waals surface area contributed by atoms with Gasteiger partial charge in [0.1, 0.15) is 5.75 Å². The lowest BCUT2D eigenvalue weighted by Crippen LogP contribution is -2.23. The summed E-state index contributed by atoms with van der Waals surface area (Å²) in [6.07, 6.45) is 0. The predicted octanol–water partition coefficient (Wildman–Crippen LogP) is 1.63. The van der Waals surface area contributed by atoms with Crippen LogP contribution in [0.4, 0.5) is 0 Å². The van der Waals surface area contributed by atoms with Crippen LogP contribution in [0.2, 0.25) is 0 Å². The van der Waals surface area contributed by atoms with Gasteiger partial charge >= 0.3 is 0 Å². The number of benzene rings is 2. The average molecular weight is 306 g/mol. The van der Waals surface area contributed by atoms with E-state index in [1.807, 2.05) is 30.3 Å². The van der Waals surface area contributed by atoms with Gasteiger partial charge in [-0.2, -0.15) is 0 Å². The number of ether oxygens (including phenoxy) is 1. The zero-order chi connectivity index (χ0) is 15.3. The Morgan fingerprint density at radius 3 is 2.48 bits per heavy atom. The summed E-state index contributed by atoms with van der Waals surface area (Å²) < 4.78 is 32.3. The molecule has 0 radical (unpaired) electrons. The molecule has 0 spiro atoms. The second kappa shape index (κ2) is 6.71. The molecule has 0 aromatic heterocycles. The molecule has 0 bridgehead atoms. The van der Waals surface area contributed by atoms with Crippen LogP contribution >= 0.6 is 0 Å². The fourth-order valence-corrected chi connectivity index (χ4v) is 3.01. The lowest BCUT2D eigenvalue weighted by molar-refractivity contribution is 0.409. The second-order valence-electron chi connectivity index (χ2n) is 4.49. The normalized spacial score (nSPS) is 11.3. The van der Waals surface area contributed by atoms with Crippen LogP contribution in [0.5, 0.6) is 5.75 Å².